The summed E-state index contributed by atoms with van der Waals surface area (Å²) < 4.78 is 70.4. The number of esters is 3. The summed E-state index contributed by atoms with van der Waals surface area (Å²) in [6.45, 7) is 24.6. The first-order valence-corrected chi connectivity index (χ1v) is 28.3. The molecule has 2 bridgehead atoms. The normalized spacial score (nSPS) is 37.1. The fraction of sp³-hybridized carbons (Fsp3) is 0.792. The second-order valence-corrected chi connectivity index (χ2v) is 25.1. The molecule has 0 spiro atoms. The minimum atomic E-state index is -2.07. The van der Waals surface area contributed by atoms with Crippen LogP contribution in [-0.2, 0) is 75.8 Å². The molecule has 0 N–H and O–H groups in total. The van der Waals surface area contributed by atoms with E-state index in [0.29, 0.717) is 12.0 Å². The van der Waals surface area contributed by atoms with Gasteiger partial charge in [-0.15, -0.1) is 0 Å². The van der Waals surface area contributed by atoms with Crippen LogP contribution in [0.25, 0.3) is 0 Å². The van der Waals surface area contributed by atoms with Crippen molar-refractivity contribution in [2.45, 2.75) is 200 Å². The van der Waals surface area contributed by atoms with E-state index in [-0.39, 0.29) is 50.5 Å². The summed E-state index contributed by atoms with van der Waals surface area (Å²) in [5, 5.41) is 0. The molecule has 71 heavy (non-hydrogen) atoms. The Morgan fingerprint density at radius 3 is 2.00 bits per heavy atom. The summed E-state index contributed by atoms with van der Waals surface area (Å²) in [5.74, 6) is -4.95. The van der Waals surface area contributed by atoms with Gasteiger partial charge in [0.25, 0.3) is 0 Å². The van der Waals surface area contributed by atoms with Crippen LogP contribution in [-0.4, -0.2) is 164 Å². The van der Waals surface area contributed by atoms with Crippen LogP contribution in [0.3, 0.4) is 0 Å². The van der Waals surface area contributed by atoms with Crippen LogP contribution >= 0.6 is 0 Å². The summed E-state index contributed by atoms with van der Waals surface area (Å²) >= 11 is 0. The summed E-state index contributed by atoms with van der Waals surface area (Å²) in [5.41, 5.74) is 1.36. The van der Waals surface area contributed by atoms with Crippen molar-refractivity contribution >= 4 is 38.3 Å². The maximum Gasteiger partial charge on any atom is 0.308 e. The van der Waals surface area contributed by atoms with E-state index < -0.39 is 123 Å². The molecule has 0 aromatic heterocycles. The van der Waals surface area contributed by atoms with Crippen molar-refractivity contribution < 1.29 is 75.8 Å². The van der Waals surface area contributed by atoms with Crippen LogP contribution in [0, 0.1) is 29.6 Å². The fourth-order valence-electron chi connectivity index (χ4n) is 10.9. The second kappa shape index (κ2) is 27.9. The standard InChI is InChI=1S/C53H87NO16Si/c1-17-42-39(29-63-52-51(61-16)50(60-15)48(35(10)64-52)70-71(18-2,19-3)20-4)23-30(5)21-22-41(58)32(7)25-40-38(27-55)24-31(6)28-62-43(26-44(59)68-42)33(8)46(40)69-53-49(67-37(12)57)45(54(13)14)47(34(9)65-53)66-36(11)56/h21-23,27,32-35,38-40,42-43,45-53H,6,17-20,24-26,28-29H2,1-5,7-16H3/t32-,33+,34?,35?,38?,39-,40-,42-,43-,45?,46-,47-,48-,49?,50+,51?,52-,53+/m1/s1. The van der Waals surface area contributed by atoms with E-state index in [0.717, 1.165) is 30.0 Å². The lowest BCUT2D eigenvalue weighted by Crippen LogP contribution is -2.65. The van der Waals surface area contributed by atoms with Gasteiger partial charge < -0.3 is 56.6 Å². The van der Waals surface area contributed by atoms with Gasteiger partial charge in [-0.2, -0.15) is 0 Å². The molecule has 3 fully saturated rings. The van der Waals surface area contributed by atoms with E-state index >= 15 is 0 Å². The molecule has 4 aliphatic heterocycles. The SMILES string of the molecule is C=C1CO[C@@H]2CC(=O)O[C@H](CC)[C@@H](CO[C@@H]3OC(C)[C@@H](O[Si](CC)(CC)CC)[C@H](OC)C3OC)C=C(C)C=CC(=O)[C@H](C)C[C@H](C(C=O)C1)[C@H](O[C@@H]1OC(C)[C@@H](OC(C)=O)C(N(C)C)C1OC(C)=O)[C@H]2C. The van der Waals surface area contributed by atoms with Crippen molar-refractivity contribution in [3.05, 3.63) is 36.0 Å². The van der Waals surface area contributed by atoms with Crippen molar-refractivity contribution in [1.82, 2.24) is 4.90 Å². The van der Waals surface area contributed by atoms with Gasteiger partial charge in [-0.3, -0.25) is 24.1 Å². The van der Waals surface area contributed by atoms with Gasteiger partial charge in [0.1, 0.15) is 30.7 Å². The lowest BCUT2D eigenvalue weighted by atomic mass is 9.73. The Labute approximate surface area is 424 Å². The minimum absolute atomic E-state index is 0.0477. The minimum Gasteiger partial charge on any atom is -0.462 e. The van der Waals surface area contributed by atoms with E-state index in [1.165, 1.54) is 19.9 Å². The number of ether oxygens (including phenoxy) is 10. The summed E-state index contributed by atoms with van der Waals surface area (Å²) in [6, 6.07) is 2.17. The average molecular weight is 1020 g/mol. The maximum absolute atomic E-state index is 14.5. The number of likely N-dealkylation sites (N-methyl/N-ethyl adjacent to an activating group) is 1. The first-order chi connectivity index (χ1) is 33.6. The highest BCUT2D eigenvalue weighted by atomic mass is 28.4. The topological polar surface area (TPSA) is 190 Å². The monoisotopic (exact) mass is 1020 g/mol. The molecule has 0 amide bonds. The highest BCUT2D eigenvalue weighted by molar-refractivity contribution is 6.73. The van der Waals surface area contributed by atoms with Crippen molar-refractivity contribution in [2.75, 3.05) is 41.5 Å². The summed E-state index contributed by atoms with van der Waals surface area (Å²) in [7, 11) is 4.71. The molecule has 3 saturated heterocycles. The van der Waals surface area contributed by atoms with Gasteiger partial charge in [-0.25, -0.2) is 0 Å². The van der Waals surface area contributed by atoms with Gasteiger partial charge in [0, 0.05) is 51.7 Å². The fourth-order valence-corrected chi connectivity index (χ4v) is 13.8. The Hall–Kier alpha value is -3.17. The quantitative estimate of drug-likeness (QED) is 0.0478. The Kier molecular flexibility index (Phi) is 23.8. The van der Waals surface area contributed by atoms with Crippen LogP contribution in [0.15, 0.2) is 36.0 Å². The number of carbonyl (C=O) groups excluding carboxylic acids is 5. The molecule has 0 aliphatic carbocycles. The number of carbonyl (C=O) groups is 5. The molecule has 6 unspecified atom stereocenters. The first-order valence-electron chi connectivity index (χ1n) is 25.8. The van der Waals surface area contributed by atoms with Gasteiger partial charge in [-0.05, 0) is 84.3 Å². The number of rotatable bonds is 17. The largest absolute Gasteiger partial charge is 0.462 e. The van der Waals surface area contributed by atoms with Crippen molar-refractivity contribution in [2.24, 2.45) is 29.6 Å². The first kappa shape index (κ1) is 60.4. The third-order valence-corrected chi connectivity index (χ3v) is 19.8. The number of methoxy groups -OCH3 is 2. The summed E-state index contributed by atoms with van der Waals surface area (Å²) in [4.78, 5) is 68.8. The number of allylic oxidation sites excluding steroid dienone is 3. The molecule has 404 valence electrons. The van der Waals surface area contributed by atoms with Gasteiger partial charge in [0.2, 0.25) is 0 Å². The number of ketones is 1. The Bertz CT molecular complexity index is 1830. The lowest BCUT2D eigenvalue weighted by molar-refractivity contribution is -0.309. The molecule has 0 aromatic carbocycles. The van der Waals surface area contributed by atoms with Crippen molar-refractivity contribution in [1.29, 1.82) is 0 Å². The predicted molar refractivity (Wildman–Crippen MR) is 267 cm³/mol. The molecule has 4 rings (SSSR count). The number of nitrogens with zero attached hydrogens (tertiary/aromatic N) is 1. The Morgan fingerprint density at radius 2 is 1.44 bits per heavy atom. The number of aldehydes is 1. The molecule has 0 radical (unpaired) electrons. The molecule has 17 nitrogen and oxygen atoms in total. The Balaban J connectivity index is 1.76. The highest BCUT2D eigenvalue weighted by Gasteiger charge is 2.53. The molecule has 18 heteroatoms. The highest BCUT2D eigenvalue weighted by Crippen LogP contribution is 2.41. The van der Waals surface area contributed by atoms with Crippen molar-refractivity contribution in [3.8, 4) is 0 Å². The zero-order valence-corrected chi connectivity index (χ0v) is 46.3. The Morgan fingerprint density at radius 1 is 0.831 bits per heavy atom. The molecular weight excluding hydrogens is 935 g/mol. The molecule has 0 aromatic rings. The molecule has 18 atom stereocenters. The third kappa shape index (κ3) is 15.7. The summed E-state index contributed by atoms with van der Waals surface area (Å²) in [6.07, 6.45) is -2.41. The van der Waals surface area contributed by atoms with Crippen LogP contribution in [0.5, 0.6) is 0 Å². The molecule has 4 heterocycles. The third-order valence-electron chi connectivity index (χ3n) is 15.2. The maximum atomic E-state index is 14.5. The van der Waals surface area contributed by atoms with Gasteiger partial charge >= 0.3 is 17.9 Å². The van der Waals surface area contributed by atoms with E-state index in [4.69, 9.17) is 51.8 Å². The van der Waals surface area contributed by atoms with Crippen LogP contribution < -0.4 is 0 Å². The van der Waals surface area contributed by atoms with Gasteiger partial charge in [0.15, 0.2) is 32.8 Å². The van der Waals surface area contributed by atoms with Gasteiger partial charge in [0.05, 0.1) is 56.2 Å². The molecular formula is C53H87NO16Si. The molecule has 4 aliphatic rings. The van der Waals surface area contributed by atoms with Crippen molar-refractivity contribution in [3.63, 3.8) is 0 Å². The smallest absolute Gasteiger partial charge is 0.308 e. The van der Waals surface area contributed by atoms with E-state index in [1.807, 2.05) is 40.7 Å². The number of hydrogen-bond acceptors (Lipinski definition) is 17. The van der Waals surface area contributed by atoms with Crippen LogP contribution in [0.2, 0.25) is 18.1 Å². The van der Waals surface area contributed by atoms with Gasteiger partial charge in [-0.1, -0.05) is 71.4 Å². The number of hydrogen-bond donors (Lipinski definition) is 0. The lowest BCUT2D eigenvalue weighted by Gasteiger charge is -2.49. The molecule has 0 saturated carbocycles. The van der Waals surface area contributed by atoms with Crippen LogP contribution in [0.1, 0.15) is 102 Å². The zero-order valence-electron chi connectivity index (χ0n) is 45.3. The van der Waals surface area contributed by atoms with E-state index in [1.54, 1.807) is 46.2 Å². The van der Waals surface area contributed by atoms with Crippen LogP contribution in [0.4, 0.5) is 0 Å². The zero-order chi connectivity index (χ0) is 52.9. The number of fused-ring (bicyclic) bond motifs is 3. The van der Waals surface area contributed by atoms with E-state index in [9.17, 15) is 24.0 Å². The van der Waals surface area contributed by atoms with E-state index in [2.05, 4.69) is 27.4 Å². The predicted octanol–water partition coefficient (Wildman–Crippen LogP) is 6.94. The average Bonchev–Trinajstić information content (AvgIpc) is 3.36. The number of cyclic esters (lactones) is 1. The second-order valence-electron chi connectivity index (χ2n) is 20.4.